The highest BCUT2D eigenvalue weighted by molar-refractivity contribution is 5.30. The van der Waals surface area contributed by atoms with E-state index in [0.717, 1.165) is 0 Å². The summed E-state index contributed by atoms with van der Waals surface area (Å²) in [6.45, 7) is 2.52. The minimum Gasteiger partial charge on any atom is -0.486 e. The third-order valence-corrected chi connectivity index (χ3v) is 1.79. The number of hydrogen-bond acceptors (Lipinski definition) is 2. The van der Waals surface area contributed by atoms with E-state index in [1.165, 1.54) is 0 Å². The van der Waals surface area contributed by atoms with Crippen molar-refractivity contribution in [2.24, 2.45) is 5.73 Å². The largest absolute Gasteiger partial charge is 0.486 e. The molecule has 0 aromatic heterocycles. The number of hydrogen-bond donors (Lipinski definition) is 1. The van der Waals surface area contributed by atoms with Crippen molar-refractivity contribution in [2.75, 3.05) is 13.2 Å². The lowest BCUT2D eigenvalue weighted by Crippen LogP contribution is -1.99. The van der Waals surface area contributed by atoms with Crippen LogP contribution in [-0.2, 0) is 0 Å². The van der Waals surface area contributed by atoms with Crippen molar-refractivity contribution in [3.63, 3.8) is 0 Å². The molecule has 2 N–H and O–H groups in total. The van der Waals surface area contributed by atoms with Crippen LogP contribution in [0.3, 0.4) is 0 Å². The van der Waals surface area contributed by atoms with E-state index >= 15 is 0 Å². The molecule has 0 aliphatic carbocycles. The van der Waals surface area contributed by atoms with Gasteiger partial charge in [0.2, 0.25) is 0 Å². The van der Waals surface area contributed by atoms with E-state index in [1.54, 1.807) is 37.3 Å². The monoisotopic (exact) mass is 195 g/mol. The lowest BCUT2D eigenvalue weighted by Gasteiger charge is -2.05. The number of ether oxygens (including phenoxy) is 1. The fourth-order valence-corrected chi connectivity index (χ4v) is 1.03. The second-order valence-corrected chi connectivity index (χ2v) is 2.91. The fourth-order valence-electron chi connectivity index (χ4n) is 1.03. The summed E-state index contributed by atoms with van der Waals surface area (Å²) in [5.41, 5.74) is 5.83. The minimum absolute atomic E-state index is 0.284. The van der Waals surface area contributed by atoms with E-state index in [2.05, 4.69) is 0 Å². The summed E-state index contributed by atoms with van der Waals surface area (Å²) in [4.78, 5) is 0. The molecule has 0 aliphatic rings. The van der Waals surface area contributed by atoms with Crippen molar-refractivity contribution >= 4 is 0 Å². The normalized spacial score (nSPS) is 10.8. The zero-order valence-electron chi connectivity index (χ0n) is 8.16. The van der Waals surface area contributed by atoms with Crippen molar-refractivity contribution in [3.8, 4) is 5.75 Å². The molecule has 0 atom stereocenters. The van der Waals surface area contributed by atoms with E-state index in [-0.39, 0.29) is 11.6 Å². The summed E-state index contributed by atoms with van der Waals surface area (Å²) in [5.74, 6) is -0.0136. The van der Waals surface area contributed by atoms with Gasteiger partial charge in [-0.15, -0.1) is 0 Å². The van der Waals surface area contributed by atoms with Crippen molar-refractivity contribution in [2.45, 2.75) is 6.92 Å². The Morgan fingerprint density at radius 3 is 2.93 bits per heavy atom. The van der Waals surface area contributed by atoms with Crippen LogP contribution in [0.4, 0.5) is 4.39 Å². The third-order valence-electron chi connectivity index (χ3n) is 1.79. The second kappa shape index (κ2) is 5.40. The van der Waals surface area contributed by atoms with Gasteiger partial charge >= 0.3 is 0 Å². The zero-order chi connectivity index (χ0) is 10.4. The molecule has 1 rings (SSSR count). The first-order valence-electron chi connectivity index (χ1n) is 4.48. The van der Waals surface area contributed by atoms with Gasteiger partial charge in [-0.1, -0.05) is 24.3 Å². The van der Waals surface area contributed by atoms with Crippen LogP contribution in [0.1, 0.15) is 5.56 Å². The standard InChI is InChI=1S/C11H14FNO/c1-9-5-4-6-10(11(9)12)14-8-3-2-7-13/h2-6H,7-8,13H2,1H3/b3-2+. The SMILES string of the molecule is Cc1cccc(OC/C=C/CN)c1F. The lowest BCUT2D eigenvalue weighted by atomic mass is 10.2. The maximum atomic E-state index is 13.3. The van der Waals surface area contributed by atoms with Crippen LogP contribution in [0.5, 0.6) is 5.75 Å². The Labute approximate surface area is 83.2 Å². The summed E-state index contributed by atoms with van der Waals surface area (Å²) in [6.07, 6.45) is 3.54. The molecule has 2 nitrogen and oxygen atoms in total. The number of nitrogens with two attached hydrogens (primary N) is 1. The Balaban J connectivity index is 2.59. The molecule has 3 heteroatoms. The van der Waals surface area contributed by atoms with Gasteiger partial charge in [-0.3, -0.25) is 0 Å². The number of aryl methyl sites for hydroxylation is 1. The minimum atomic E-state index is -0.298. The van der Waals surface area contributed by atoms with Crippen LogP contribution >= 0.6 is 0 Å². The van der Waals surface area contributed by atoms with Gasteiger partial charge < -0.3 is 10.5 Å². The average Bonchev–Trinajstić information content (AvgIpc) is 2.19. The number of halogens is 1. The molecule has 0 bridgehead atoms. The molecule has 14 heavy (non-hydrogen) atoms. The van der Waals surface area contributed by atoms with Gasteiger partial charge in [-0.05, 0) is 18.6 Å². The number of benzene rings is 1. The first-order chi connectivity index (χ1) is 6.75. The highest BCUT2D eigenvalue weighted by Gasteiger charge is 2.03. The molecule has 0 fully saturated rings. The first-order valence-corrected chi connectivity index (χ1v) is 4.48. The molecule has 1 aromatic rings. The summed E-state index contributed by atoms with van der Waals surface area (Å²) >= 11 is 0. The Bertz CT molecular complexity index is 323. The molecule has 0 saturated heterocycles. The van der Waals surface area contributed by atoms with Crippen LogP contribution in [-0.4, -0.2) is 13.2 Å². The molecular weight excluding hydrogens is 181 g/mol. The van der Waals surface area contributed by atoms with E-state index < -0.39 is 0 Å². The van der Waals surface area contributed by atoms with Crippen LogP contribution in [0.25, 0.3) is 0 Å². The Hall–Kier alpha value is -1.35. The van der Waals surface area contributed by atoms with Gasteiger partial charge in [0.05, 0.1) is 0 Å². The molecular formula is C11H14FNO. The first kappa shape index (κ1) is 10.7. The van der Waals surface area contributed by atoms with Crippen LogP contribution in [0, 0.1) is 12.7 Å². The van der Waals surface area contributed by atoms with Crippen LogP contribution < -0.4 is 10.5 Å². The summed E-state index contributed by atoms with van der Waals surface area (Å²) < 4.78 is 18.5. The van der Waals surface area contributed by atoms with E-state index in [9.17, 15) is 4.39 Å². The molecule has 0 unspecified atom stereocenters. The molecule has 76 valence electrons. The highest BCUT2D eigenvalue weighted by Crippen LogP contribution is 2.19. The smallest absolute Gasteiger partial charge is 0.167 e. The zero-order valence-corrected chi connectivity index (χ0v) is 8.16. The van der Waals surface area contributed by atoms with E-state index in [0.29, 0.717) is 18.7 Å². The molecule has 0 heterocycles. The summed E-state index contributed by atoms with van der Waals surface area (Å²) in [7, 11) is 0. The molecule has 0 radical (unpaired) electrons. The highest BCUT2D eigenvalue weighted by atomic mass is 19.1. The topological polar surface area (TPSA) is 35.2 Å². The quantitative estimate of drug-likeness (QED) is 0.746. The Morgan fingerprint density at radius 1 is 1.43 bits per heavy atom. The van der Waals surface area contributed by atoms with Crippen molar-refractivity contribution < 1.29 is 9.13 Å². The van der Waals surface area contributed by atoms with Gasteiger partial charge in [0.25, 0.3) is 0 Å². The van der Waals surface area contributed by atoms with Crippen LogP contribution in [0.2, 0.25) is 0 Å². The predicted octanol–water partition coefficient (Wildman–Crippen LogP) is 2.03. The average molecular weight is 195 g/mol. The van der Waals surface area contributed by atoms with Gasteiger partial charge in [-0.25, -0.2) is 4.39 Å². The van der Waals surface area contributed by atoms with E-state index in [1.807, 2.05) is 0 Å². The fraction of sp³-hybridized carbons (Fsp3) is 0.273. The molecule has 0 aliphatic heterocycles. The maximum absolute atomic E-state index is 13.3. The number of rotatable bonds is 4. The summed E-state index contributed by atoms with van der Waals surface area (Å²) in [6, 6.07) is 5.08. The molecule has 1 aromatic carbocycles. The van der Waals surface area contributed by atoms with Gasteiger partial charge in [0.15, 0.2) is 11.6 Å². The van der Waals surface area contributed by atoms with Gasteiger partial charge in [-0.2, -0.15) is 0 Å². The maximum Gasteiger partial charge on any atom is 0.167 e. The Kier molecular flexibility index (Phi) is 4.13. The van der Waals surface area contributed by atoms with Crippen molar-refractivity contribution in [1.82, 2.24) is 0 Å². The Morgan fingerprint density at radius 2 is 2.21 bits per heavy atom. The second-order valence-electron chi connectivity index (χ2n) is 2.91. The summed E-state index contributed by atoms with van der Waals surface area (Å²) in [5, 5.41) is 0. The van der Waals surface area contributed by atoms with Crippen molar-refractivity contribution in [1.29, 1.82) is 0 Å². The molecule has 0 amide bonds. The van der Waals surface area contributed by atoms with Crippen LogP contribution in [0.15, 0.2) is 30.4 Å². The van der Waals surface area contributed by atoms with Gasteiger partial charge in [0.1, 0.15) is 6.61 Å². The molecule has 0 spiro atoms. The van der Waals surface area contributed by atoms with Crippen molar-refractivity contribution in [3.05, 3.63) is 41.7 Å². The predicted molar refractivity (Wildman–Crippen MR) is 54.8 cm³/mol. The molecule has 0 saturated carbocycles. The lowest BCUT2D eigenvalue weighted by molar-refractivity contribution is 0.340. The third kappa shape index (κ3) is 2.85. The van der Waals surface area contributed by atoms with E-state index in [4.69, 9.17) is 10.5 Å². The van der Waals surface area contributed by atoms with Gasteiger partial charge in [0, 0.05) is 6.54 Å².